The first-order chi connectivity index (χ1) is 9.19. The van der Waals surface area contributed by atoms with Gasteiger partial charge < -0.3 is 15.4 Å². The van der Waals surface area contributed by atoms with Crippen LogP contribution in [0, 0.1) is 5.92 Å². The van der Waals surface area contributed by atoms with Crippen LogP contribution in [0.25, 0.3) is 0 Å². The minimum atomic E-state index is -0.465. The topological polar surface area (TPSA) is 50.4 Å². The van der Waals surface area contributed by atoms with Crippen molar-refractivity contribution in [3.8, 4) is 5.75 Å². The van der Waals surface area contributed by atoms with E-state index < -0.39 is 6.10 Å². The molecule has 0 bridgehead atoms. The van der Waals surface area contributed by atoms with Crippen molar-refractivity contribution in [3.63, 3.8) is 0 Å². The molecule has 112 valence electrons. The number of amides is 1. The van der Waals surface area contributed by atoms with Crippen LogP contribution >= 0.6 is 24.2 Å². The van der Waals surface area contributed by atoms with Crippen molar-refractivity contribution in [3.05, 3.63) is 24.3 Å². The van der Waals surface area contributed by atoms with Gasteiger partial charge in [-0.05, 0) is 37.4 Å². The molecule has 1 unspecified atom stereocenters. The Balaban J connectivity index is 0.00000200. The summed E-state index contributed by atoms with van der Waals surface area (Å²) in [6, 6.07) is 7.77. The van der Waals surface area contributed by atoms with Gasteiger partial charge in [0.1, 0.15) is 5.75 Å². The zero-order valence-corrected chi connectivity index (χ0v) is 13.4. The Morgan fingerprint density at radius 1 is 1.45 bits per heavy atom. The van der Waals surface area contributed by atoms with Crippen LogP contribution in [0.2, 0.25) is 0 Å². The van der Waals surface area contributed by atoms with Crippen LogP contribution in [0.5, 0.6) is 5.75 Å². The van der Waals surface area contributed by atoms with E-state index in [1.165, 1.54) is 4.90 Å². The lowest BCUT2D eigenvalue weighted by Crippen LogP contribution is -2.49. The highest BCUT2D eigenvalue weighted by Crippen LogP contribution is 2.19. The van der Waals surface area contributed by atoms with Crippen LogP contribution in [0.3, 0.4) is 0 Å². The van der Waals surface area contributed by atoms with Gasteiger partial charge in [-0.1, -0.05) is 0 Å². The molecule has 1 aromatic rings. The van der Waals surface area contributed by atoms with Gasteiger partial charge in [-0.25, -0.2) is 0 Å². The molecule has 2 rings (SSSR count). The quantitative estimate of drug-likeness (QED) is 0.788. The third-order valence-electron chi connectivity index (χ3n) is 3.17. The molecule has 0 radical (unpaired) electrons. The van der Waals surface area contributed by atoms with Gasteiger partial charge in [0.05, 0.1) is 0 Å². The van der Waals surface area contributed by atoms with Crippen LogP contribution in [0.4, 0.5) is 0 Å². The Kier molecular flexibility index (Phi) is 7.19. The number of nitrogens with one attached hydrogen (secondary N) is 2. The zero-order valence-electron chi connectivity index (χ0n) is 11.7. The summed E-state index contributed by atoms with van der Waals surface area (Å²) >= 11 is 1.68. The Bertz CT molecular complexity index is 424. The van der Waals surface area contributed by atoms with Gasteiger partial charge in [-0.2, -0.15) is 0 Å². The van der Waals surface area contributed by atoms with Gasteiger partial charge in [0.15, 0.2) is 6.10 Å². The number of hydrogen-bond acceptors (Lipinski definition) is 4. The third-order valence-corrected chi connectivity index (χ3v) is 3.92. The smallest absolute Gasteiger partial charge is 0.260 e. The summed E-state index contributed by atoms with van der Waals surface area (Å²) < 4.78 is 5.62. The minimum absolute atomic E-state index is 0. The largest absolute Gasteiger partial charge is 0.481 e. The number of ether oxygens (including phenoxy) is 1. The highest BCUT2D eigenvalue weighted by atomic mass is 35.5. The molecule has 0 aromatic heterocycles. The second-order valence-electron chi connectivity index (χ2n) is 4.71. The fraction of sp³-hybridized carbons (Fsp3) is 0.500. The molecule has 4 nitrogen and oxygen atoms in total. The first-order valence-electron chi connectivity index (χ1n) is 6.48. The van der Waals surface area contributed by atoms with E-state index in [4.69, 9.17) is 4.74 Å². The zero-order chi connectivity index (χ0) is 13.7. The van der Waals surface area contributed by atoms with Crippen LogP contribution in [0.1, 0.15) is 6.92 Å². The van der Waals surface area contributed by atoms with Crippen molar-refractivity contribution >= 4 is 30.1 Å². The lowest BCUT2D eigenvalue weighted by molar-refractivity contribution is -0.127. The van der Waals surface area contributed by atoms with Crippen molar-refractivity contribution in [2.45, 2.75) is 17.9 Å². The summed E-state index contributed by atoms with van der Waals surface area (Å²) in [4.78, 5) is 13.0. The van der Waals surface area contributed by atoms with Gasteiger partial charge in [-0.15, -0.1) is 24.2 Å². The maximum Gasteiger partial charge on any atom is 0.260 e. The summed E-state index contributed by atoms with van der Waals surface area (Å²) in [6.07, 6.45) is 1.56. The molecular formula is C14H21ClN2O2S. The molecule has 1 aliphatic rings. The number of benzene rings is 1. The normalized spacial score (nSPS) is 15.7. The first kappa shape index (κ1) is 17.1. The van der Waals surface area contributed by atoms with Crippen LogP contribution in [0.15, 0.2) is 29.2 Å². The molecule has 0 saturated carbocycles. The highest BCUT2D eigenvalue weighted by Gasteiger charge is 2.20. The number of halogens is 1. The fourth-order valence-corrected chi connectivity index (χ4v) is 2.20. The van der Waals surface area contributed by atoms with Gasteiger partial charge in [0.25, 0.3) is 5.91 Å². The van der Waals surface area contributed by atoms with Crippen molar-refractivity contribution in [2.24, 2.45) is 5.92 Å². The SMILES string of the molecule is CSc1ccc(OC(C)C(=O)NCC2CNC2)cc1.Cl. The number of hydrogen-bond donors (Lipinski definition) is 2. The monoisotopic (exact) mass is 316 g/mol. The molecular weight excluding hydrogens is 296 g/mol. The molecule has 1 aliphatic heterocycles. The van der Waals surface area contributed by atoms with Gasteiger partial charge in [0.2, 0.25) is 0 Å². The predicted octanol–water partition coefficient (Wildman–Crippen LogP) is 1.93. The molecule has 0 spiro atoms. The van der Waals surface area contributed by atoms with E-state index in [1.54, 1.807) is 18.7 Å². The van der Waals surface area contributed by atoms with Crippen LogP contribution in [-0.4, -0.2) is 37.9 Å². The molecule has 1 fully saturated rings. The molecule has 1 atom stereocenters. The van der Waals surface area contributed by atoms with Gasteiger partial charge >= 0.3 is 0 Å². The van der Waals surface area contributed by atoms with E-state index >= 15 is 0 Å². The maximum atomic E-state index is 11.9. The van der Waals surface area contributed by atoms with Crippen LogP contribution in [-0.2, 0) is 4.79 Å². The Morgan fingerprint density at radius 2 is 2.10 bits per heavy atom. The Labute approximate surface area is 130 Å². The number of rotatable bonds is 6. The van der Waals surface area contributed by atoms with Gasteiger partial charge in [-0.3, -0.25) is 4.79 Å². The summed E-state index contributed by atoms with van der Waals surface area (Å²) in [7, 11) is 0. The van der Waals surface area contributed by atoms with Crippen LogP contribution < -0.4 is 15.4 Å². The average Bonchev–Trinajstić information content (AvgIpc) is 2.37. The van der Waals surface area contributed by atoms with E-state index in [-0.39, 0.29) is 18.3 Å². The minimum Gasteiger partial charge on any atom is -0.481 e. The maximum absolute atomic E-state index is 11.9. The summed E-state index contributed by atoms with van der Waals surface area (Å²) in [6.45, 7) is 4.49. The number of thioether (sulfide) groups is 1. The second-order valence-corrected chi connectivity index (χ2v) is 5.58. The number of carbonyl (C=O) groups is 1. The molecule has 1 aromatic carbocycles. The molecule has 0 aliphatic carbocycles. The van der Waals surface area contributed by atoms with E-state index in [2.05, 4.69) is 10.6 Å². The predicted molar refractivity (Wildman–Crippen MR) is 84.9 cm³/mol. The van der Waals surface area contributed by atoms with E-state index in [0.717, 1.165) is 25.4 Å². The average molecular weight is 317 g/mol. The molecule has 6 heteroatoms. The standard InChI is InChI=1S/C14H20N2O2S.ClH/c1-10(14(17)16-9-11-7-15-8-11)18-12-3-5-13(19-2)6-4-12;/h3-6,10-11,15H,7-9H2,1-2H3,(H,16,17);1H. The molecule has 1 saturated heterocycles. The Hall–Kier alpha value is -0.910. The molecule has 1 amide bonds. The molecule has 2 N–H and O–H groups in total. The first-order valence-corrected chi connectivity index (χ1v) is 7.70. The van der Waals surface area contributed by atoms with Crippen molar-refractivity contribution in [1.29, 1.82) is 0 Å². The van der Waals surface area contributed by atoms with E-state index in [9.17, 15) is 4.79 Å². The Morgan fingerprint density at radius 3 is 2.60 bits per heavy atom. The van der Waals surface area contributed by atoms with Crippen molar-refractivity contribution in [1.82, 2.24) is 10.6 Å². The molecule has 1 heterocycles. The lowest BCUT2D eigenvalue weighted by Gasteiger charge is -2.27. The summed E-state index contributed by atoms with van der Waals surface area (Å²) in [5.74, 6) is 1.24. The van der Waals surface area contributed by atoms with Crippen molar-refractivity contribution < 1.29 is 9.53 Å². The van der Waals surface area contributed by atoms with E-state index in [1.807, 2.05) is 30.5 Å². The van der Waals surface area contributed by atoms with Gasteiger partial charge in [0, 0.05) is 30.4 Å². The summed E-state index contributed by atoms with van der Waals surface area (Å²) in [5.41, 5.74) is 0. The van der Waals surface area contributed by atoms with E-state index in [0.29, 0.717) is 5.92 Å². The summed E-state index contributed by atoms with van der Waals surface area (Å²) in [5, 5.41) is 6.10. The highest BCUT2D eigenvalue weighted by molar-refractivity contribution is 7.98. The van der Waals surface area contributed by atoms with Crippen molar-refractivity contribution in [2.75, 3.05) is 25.9 Å². The second kappa shape index (κ2) is 8.39. The number of carbonyl (C=O) groups excluding carboxylic acids is 1. The molecule has 20 heavy (non-hydrogen) atoms. The lowest BCUT2D eigenvalue weighted by atomic mass is 10.0. The third kappa shape index (κ3) is 4.89. The fourth-order valence-electron chi connectivity index (χ4n) is 1.79.